The molecule has 1 fully saturated rings. The smallest absolute Gasteiger partial charge is 0.548 e. The summed E-state index contributed by atoms with van der Waals surface area (Å²) in [5, 5.41) is 12.8. The molecule has 0 bridgehead atoms. The molecular formula is C21H21ClN3NaO4S. The number of pyridine rings is 2. The minimum Gasteiger partial charge on any atom is -0.548 e. The molecule has 0 aliphatic heterocycles. The fourth-order valence-electron chi connectivity index (χ4n) is 3.77. The number of carbonyl (C=O) groups is 1. The van der Waals surface area contributed by atoms with Gasteiger partial charge in [0.25, 0.3) is 0 Å². The summed E-state index contributed by atoms with van der Waals surface area (Å²) in [6.45, 7) is 0.783. The third-order valence-electron chi connectivity index (χ3n) is 5.27. The first kappa shape index (κ1) is 24.4. The van der Waals surface area contributed by atoms with Gasteiger partial charge in [-0.3, -0.25) is 4.79 Å². The topological polar surface area (TPSA) is 87.5 Å². The van der Waals surface area contributed by atoms with Crippen LogP contribution in [-0.2, 0) is 16.1 Å². The first-order valence-electron chi connectivity index (χ1n) is 9.61. The summed E-state index contributed by atoms with van der Waals surface area (Å²) in [7, 11) is 1.65. The molecule has 0 N–H and O–H groups in total. The van der Waals surface area contributed by atoms with Crippen LogP contribution in [0.5, 0.6) is 0 Å². The van der Waals surface area contributed by atoms with Gasteiger partial charge in [0.1, 0.15) is 11.5 Å². The molecule has 158 valence electrons. The number of hydrogen-bond acceptors (Lipinski definition) is 7. The van der Waals surface area contributed by atoms with Gasteiger partial charge in [-0.2, -0.15) is 0 Å². The van der Waals surface area contributed by atoms with Gasteiger partial charge in [-0.1, -0.05) is 11.6 Å². The van der Waals surface area contributed by atoms with E-state index in [0.717, 1.165) is 12.8 Å². The van der Waals surface area contributed by atoms with Crippen LogP contribution in [0, 0.1) is 0 Å². The van der Waals surface area contributed by atoms with Gasteiger partial charge in [-0.15, -0.1) is 11.8 Å². The summed E-state index contributed by atoms with van der Waals surface area (Å²) in [5.74, 6) is -0.570. The Morgan fingerprint density at radius 1 is 1.32 bits per heavy atom. The van der Waals surface area contributed by atoms with E-state index in [4.69, 9.17) is 21.3 Å². The Morgan fingerprint density at radius 3 is 2.65 bits per heavy atom. The second-order valence-electron chi connectivity index (χ2n) is 7.22. The van der Waals surface area contributed by atoms with Crippen LogP contribution in [0.1, 0.15) is 12.8 Å². The summed E-state index contributed by atoms with van der Waals surface area (Å²) in [5.41, 5.74) is 0.585. The molecule has 10 heteroatoms. The molecule has 4 rings (SSSR count). The largest absolute Gasteiger partial charge is 1.00 e. The average Bonchev–Trinajstić information content (AvgIpc) is 3.56. The number of carbonyl (C=O) groups excluding carboxylic acids is 1. The SMILES string of the molecule is COCCN(c1ccc2c(=O)c3ccc(Cl)c(SC)c3n(CC(=O)[O-])c2n1)C1CC1.[Na+]. The first-order chi connectivity index (χ1) is 14.5. The van der Waals surface area contributed by atoms with Gasteiger partial charge in [0.2, 0.25) is 0 Å². The Kier molecular flexibility index (Phi) is 7.94. The number of carboxylic acid groups (broad SMARTS) is 1. The maximum atomic E-state index is 13.2. The third kappa shape index (κ3) is 4.74. The van der Waals surface area contributed by atoms with Crippen molar-refractivity contribution in [1.82, 2.24) is 9.55 Å². The number of halogens is 1. The van der Waals surface area contributed by atoms with Crippen LogP contribution >= 0.6 is 23.4 Å². The molecule has 7 nitrogen and oxygen atoms in total. The van der Waals surface area contributed by atoms with E-state index in [1.165, 1.54) is 16.3 Å². The van der Waals surface area contributed by atoms with Crippen molar-refractivity contribution in [1.29, 1.82) is 0 Å². The fraction of sp³-hybridized carbons (Fsp3) is 0.381. The molecule has 3 aromatic rings. The van der Waals surface area contributed by atoms with Gasteiger partial charge in [-0.05, 0) is 43.4 Å². The van der Waals surface area contributed by atoms with Crippen molar-refractivity contribution in [2.75, 3.05) is 31.4 Å². The second-order valence-corrected chi connectivity index (χ2v) is 8.45. The van der Waals surface area contributed by atoms with Crippen molar-refractivity contribution in [2.45, 2.75) is 30.3 Å². The number of benzene rings is 1. The Labute approximate surface area is 211 Å². The van der Waals surface area contributed by atoms with Gasteiger partial charge < -0.3 is 24.1 Å². The molecule has 1 saturated carbocycles. The Balaban J connectivity index is 0.00000272. The van der Waals surface area contributed by atoms with Crippen LogP contribution < -0.4 is 45.0 Å². The quantitative estimate of drug-likeness (QED) is 0.245. The van der Waals surface area contributed by atoms with E-state index in [-0.39, 0.29) is 35.0 Å². The Morgan fingerprint density at radius 2 is 2.03 bits per heavy atom. The summed E-state index contributed by atoms with van der Waals surface area (Å²) in [6.07, 6.45) is 3.97. The number of fused-ring (bicyclic) bond motifs is 2. The second kappa shape index (κ2) is 10.1. The number of aromatic nitrogens is 2. The predicted molar refractivity (Wildman–Crippen MR) is 118 cm³/mol. The molecule has 2 aromatic heterocycles. The van der Waals surface area contributed by atoms with Crippen molar-refractivity contribution in [2.24, 2.45) is 0 Å². The van der Waals surface area contributed by atoms with Crippen LogP contribution in [0.25, 0.3) is 21.9 Å². The molecule has 1 aliphatic carbocycles. The molecule has 0 spiro atoms. The number of rotatable bonds is 8. The monoisotopic (exact) mass is 469 g/mol. The minimum atomic E-state index is -1.26. The number of carboxylic acids is 1. The molecule has 1 aliphatic rings. The number of methoxy groups -OCH3 is 1. The maximum absolute atomic E-state index is 13.2. The molecule has 0 saturated heterocycles. The number of ether oxygens (including phenoxy) is 1. The van der Waals surface area contributed by atoms with Gasteiger partial charge in [0.05, 0.1) is 39.9 Å². The van der Waals surface area contributed by atoms with Gasteiger partial charge in [0, 0.05) is 25.1 Å². The number of aliphatic carboxylic acids is 1. The molecular weight excluding hydrogens is 449 g/mol. The first-order valence-corrected chi connectivity index (χ1v) is 11.2. The van der Waals surface area contributed by atoms with Crippen molar-refractivity contribution in [3.8, 4) is 0 Å². The summed E-state index contributed by atoms with van der Waals surface area (Å²) in [6, 6.07) is 7.21. The summed E-state index contributed by atoms with van der Waals surface area (Å²) >= 11 is 7.72. The summed E-state index contributed by atoms with van der Waals surface area (Å²) < 4.78 is 6.76. The van der Waals surface area contributed by atoms with Crippen molar-refractivity contribution < 1.29 is 44.2 Å². The fourth-order valence-corrected chi connectivity index (χ4v) is 4.83. The van der Waals surface area contributed by atoms with Crippen LogP contribution in [0.2, 0.25) is 5.02 Å². The number of hydrogen-bond donors (Lipinski definition) is 0. The molecule has 1 aromatic carbocycles. The minimum absolute atomic E-state index is 0. The number of nitrogens with zero attached hydrogens (tertiary/aromatic N) is 3. The van der Waals surface area contributed by atoms with Crippen molar-refractivity contribution in [3.63, 3.8) is 0 Å². The molecule has 2 heterocycles. The zero-order valence-electron chi connectivity index (χ0n) is 17.7. The average molecular weight is 470 g/mol. The van der Waals surface area contributed by atoms with E-state index < -0.39 is 12.5 Å². The molecule has 31 heavy (non-hydrogen) atoms. The summed E-state index contributed by atoms with van der Waals surface area (Å²) in [4.78, 5) is 32.3. The number of thioether (sulfide) groups is 1. The van der Waals surface area contributed by atoms with E-state index in [1.54, 1.807) is 25.3 Å². The zero-order chi connectivity index (χ0) is 21.4. The van der Waals surface area contributed by atoms with E-state index in [2.05, 4.69) is 4.90 Å². The predicted octanol–water partition coefficient (Wildman–Crippen LogP) is -0.706. The van der Waals surface area contributed by atoms with Crippen LogP contribution in [0.15, 0.2) is 34.0 Å². The molecule has 0 atom stereocenters. The molecule has 0 amide bonds. The van der Waals surface area contributed by atoms with Crippen LogP contribution in [-0.4, -0.2) is 48.1 Å². The van der Waals surface area contributed by atoms with Crippen LogP contribution in [0.3, 0.4) is 0 Å². The maximum Gasteiger partial charge on any atom is 1.00 e. The normalized spacial score (nSPS) is 13.4. The van der Waals surface area contributed by atoms with Crippen LogP contribution in [0.4, 0.5) is 5.82 Å². The standard InChI is InChI=1S/C21H22ClN3O4S.Na/c1-29-10-9-24(12-3-4-12)16-8-6-14-19(28)13-5-7-15(22)20(30-2)18(13)25(11-17(26)27)21(14)23-16;/h5-8,12H,3-4,9-11H2,1-2H3,(H,26,27);/q;+1/p-1. The molecule has 0 radical (unpaired) electrons. The third-order valence-corrected chi connectivity index (χ3v) is 6.52. The Bertz CT molecular complexity index is 1200. The number of anilines is 1. The van der Waals surface area contributed by atoms with Crippen molar-refractivity contribution in [3.05, 3.63) is 39.5 Å². The Hall–Kier alpha value is -1.29. The zero-order valence-corrected chi connectivity index (χ0v) is 21.3. The van der Waals surface area contributed by atoms with E-state index in [9.17, 15) is 14.7 Å². The van der Waals surface area contributed by atoms with Gasteiger partial charge in [-0.25, -0.2) is 4.98 Å². The van der Waals surface area contributed by atoms with Gasteiger partial charge in [0.15, 0.2) is 5.43 Å². The van der Waals surface area contributed by atoms with Crippen molar-refractivity contribution >= 4 is 57.1 Å². The van der Waals surface area contributed by atoms with Gasteiger partial charge >= 0.3 is 29.6 Å². The van der Waals surface area contributed by atoms with E-state index >= 15 is 0 Å². The van der Waals surface area contributed by atoms with E-state index in [1.807, 2.05) is 12.3 Å². The molecule has 0 unspecified atom stereocenters. The van der Waals surface area contributed by atoms with E-state index in [0.29, 0.717) is 56.9 Å².